The second-order valence-corrected chi connectivity index (χ2v) is 10.6. The fourth-order valence-corrected chi connectivity index (χ4v) is 7.71. The molecule has 0 heterocycles. The minimum atomic E-state index is -1.30. The fraction of sp³-hybridized carbons (Fsp3) is 0.760. The molecule has 31 heavy (non-hydrogen) atoms. The Morgan fingerprint density at radius 1 is 1.19 bits per heavy atom. The van der Waals surface area contributed by atoms with Crippen LogP contribution >= 0.6 is 0 Å². The molecule has 0 bridgehead atoms. The van der Waals surface area contributed by atoms with E-state index in [1.54, 1.807) is 0 Å². The van der Waals surface area contributed by atoms with Crippen molar-refractivity contribution in [3.05, 3.63) is 11.6 Å². The van der Waals surface area contributed by atoms with Gasteiger partial charge in [0.2, 0.25) is 5.60 Å². The molecule has 4 rings (SSSR count). The number of carbonyl (C=O) groups excluding carboxylic acids is 2. The summed E-state index contributed by atoms with van der Waals surface area (Å²) in [4.78, 5) is 23.3. The molecule has 4 aliphatic carbocycles. The summed E-state index contributed by atoms with van der Waals surface area (Å²) >= 11 is 0. The molecule has 3 saturated carbocycles. The summed E-state index contributed by atoms with van der Waals surface area (Å²) < 4.78 is 11.1. The Morgan fingerprint density at radius 3 is 2.52 bits per heavy atom. The lowest BCUT2D eigenvalue weighted by atomic mass is 9.46. The molecule has 170 valence electrons. The highest BCUT2D eigenvalue weighted by Gasteiger charge is 2.69. The Balaban J connectivity index is 1.67. The lowest BCUT2D eigenvalue weighted by Crippen LogP contribution is -2.58. The van der Waals surface area contributed by atoms with E-state index in [0.29, 0.717) is 25.2 Å². The van der Waals surface area contributed by atoms with Crippen molar-refractivity contribution in [2.75, 3.05) is 0 Å². The molecule has 4 aliphatic rings. The predicted molar refractivity (Wildman–Crippen MR) is 113 cm³/mol. The van der Waals surface area contributed by atoms with Gasteiger partial charge < -0.3 is 19.7 Å². The number of rotatable bonds is 2. The minimum absolute atomic E-state index is 0.120. The maximum absolute atomic E-state index is 11.9. The van der Waals surface area contributed by atoms with E-state index in [-0.39, 0.29) is 23.2 Å². The zero-order chi connectivity index (χ0) is 22.8. The number of ether oxygens (including phenoxy) is 2. The smallest absolute Gasteiger partial charge is 0.304 e. The Kier molecular flexibility index (Phi) is 5.30. The Labute approximate surface area is 184 Å². The normalized spacial score (nSPS) is 48.4. The van der Waals surface area contributed by atoms with Gasteiger partial charge in [-0.25, -0.2) is 0 Å². The quantitative estimate of drug-likeness (QED) is 0.398. The van der Waals surface area contributed by atoms with Gasteiger partial charge in [0.1, 0.15) is 12.2 Å². The molecule has 2 N–H and O–H groups in total. The van der Waals surface area contributed by atoms with Gasteiger partial charge in [0, 0.05) is 25.7 Å². The van der Waals surface area contributed by atoms with Gasteiger partial charge in [-0.2, -0.15) is 0 Å². The van der Waals surface area contributed by atoms with E-state index in [1.807, 2.05) is 0 Å². The molecular weight excluding hydrogens is 396 g/mol. The third-order valence-corrected chi connectivity index (χ3v) is 9.13. The number of esters is 2. The molecule has 6 heteroatoms. The van der Waals surface area contributed by atoms with E-state index < -0.39 is 35.3 Å². The average molecular weight is 431 g/mol. The molecule has 4 unspecified atom stereocenters. The van der Waals surface area contributed by atoms with Crippen LogP contribution < -0.4 is 0 Å². The summed E-state index contributed by atoms with van der Waals surface area (Å²) in [5, 5.41) is 21.8. The maximum atomic E-state index is 11.9. The molecule has 0 spiro atoms. The first-order chi connectivity index (χ1) is 14.5. The summed E-state index contributed by atoms with van der Waals surface area (Å²) in [5.41, 5.74) is -0.723. The van der Waals surface area contributed by atoms with Crippen LogP contribution in [0.1, 0.15) is 66.2 Å². The molecule has 0 aromatic heterocycles. The molecule has 0 aromatic rings. The van der Waals surface area contributed by atoms with Gasteiger partial charge in [0.05, 0.1) is 6.10 Å². The van der Waals surface area contributed by atoms with Crippen molar-refractivity contribution < 1.29 is 29.3 Å². The predicted octanol–water partition coefficient (Wildman–Crippen LogP) is 2.76. The number of carbonyl (C=O) groups is 2. The van der Waals surface area contributed by atoms with Crippen molar-refractivity contribution in [3.8, 4) is 12.3 Å². The average Bonchev–Trinajstić information content (AvgIpc) is 2.89. The van der Waals surface area contributed by atoms with Crippen LogP contribution in [0.5, 0.6) is 0 Å². The number of hydrogen-bond acceptors (Lipinski definition) is 6. The topological polar surface area (TPSA) is 93.1 Å². The largest absolute Gasteiger partial charge is 0.459 e. The molecular formula is C25H34O6. The van der Waals surface area contributed by atoms with E-state index in [1.165, 1.54) is 19.4 Å². The zero-order valence-corrected chi connectivity index (χ0v) is 18.9. The van der Waals surface area contributed by atoms with Crippen molar-refractivity contribution in [2.45, 2.75) is 90.1 Å². The number of aliphatic hydroxyl groups excluding tert-OH is 2. The van der Waals surface area contributed by atoms with Crippen molar-refractivity contribution in [1.29, 1.82) is 0 Å². The molecule has 0 aromatic carbocycles. The second-order valence-electron chi connectivity index (χ2n) is 10.6. The molecule has 9 atom stereocenters. The standard InChI is InChI=1S/C25H34O6/c1-6-25(31-15(3)27)22(29)12-19-17-8-7-16-11-21(30-14(2)26)20(28)13-23(16,4)18(17)9-10-24(19,25)5/h1,7,17-22,28-29H,8-13H2,2-5H3/t17-,18-,19+,20?,21?,22?,23+,24+,25?/m1/s1. The van der Waals surface area contributed by atoms with Crippen molar-refractivity contribution in [1.82, 2.24) is 0 Å². The van der Waals surface area contributed by atoms with Crippen LogP contribution in [-0.2, 0) is 19.1 Å². The monoisotopic (exact) mass is 430 g/mol. The highest BCUT2D eigenvalue weighted by atomic mass is 16.6. The molecule has 0 amide bonds. The van der Waals surface area contributed by atoms with Crippen LogP contribution in [0.2, 0.25) is 0 Å². The van der Waals surface area contributed by atoms with E-state index in [0.717, 1.165) is 19.3 Å². The Bertz CT molecular complexity index is 857. The van der Waals surface area contributed by atoms with Gasteiger partial charge in [-0.3, -0.25) is 9.59 Å². The number of hydrogen-bond donors (Lipinski definition) is 2. The van der Waals surface area contributed by atoms with Gasteiger partial charge in [-0.05, 0) is 55.3 Å². The lowest BCUT2D eigenvalue weighted by Gasteiger charge is -2.59. The highest BCUT2D eigenvalue weighted by molar-refractivity contribution is 5.67. The molecule has 3 fully saturated rings. The SMILES string of the molecule is C#CC1(OC(C)=O)C(O)C[C@H]2[C@@H]3CC=C4CC(OC(C)=O)C(O)C[C@]4(C)[C@@H]3CC[C@@]21C. The number of fused-ring (bicyclic) bond motifs is 5. The third kappa shape index (κ3) is 3.08. The minimum Gasteiger partial charge on any atom is -0.459 e. The van der Waals surface area contributed by atoms with Crippen molar-refractivity contribution >= 4 is 11.9 Å². The van der Waals surface area contributed by atoms with Crippen LogP contribution in [0.4, 0.5) is 0 Å². The van der Waals surface area contributed by atoms with Crippen LogP contribution in [-0.4, -0.2) is 46.1 Å². The second kappa shape index (κ2) is 7.35. The summed E-state index contributed by atoms with van der Waals surface area (Å²) in [6, 6.07) is 0. The lowest BCUT2D eigenvalue weighted by molar-refractivity contribution is -0.180. The van der Waals surface area contributed by atoms with Gasteiger partial charge >= 0.3 is 11.9 Å². The zero-order valence-electron chi connectivity index (χ0n) is 18.9. The highest BCUT2D eigenvalue weighted by Crippen LogP contribution is 2.67. The van der Waals surface area contributed by atoms with Gasteiger partial charge in [-0.15, -0.1) is 6.42 Å². The van der Waals surface area contributed by atoms with Gasteiger partial charge in [-0.1, -0.05) is 31.4 Å². The van der Waals surface area contributed by atoms with Crippen LogP contribution in [0.3, 0.4) is 0 Å². The molecule has 6 nitrogen and oxygen atoms in total. The van der Waals surface area contributed by atoms with E-state index in [9.17, 15) is 19.8 Å². The van der Waals surface area contributed by atoms with Crippen LogP contribution in [0, 0.1) is 40.9 Å². The molecule has 0 aliphatic heterocycles. The number of terminal acetylenes is 1. The van der Waals surface area contributed by atoms with E-state index >= 15 is 0 Å². The Morgan fingerprint density at radius 2 is 1.90 bits per heavy atom. The van der Waals surface area contributed by atoms with Crippen LogP contribution in [0.25, 0.3) is 0 Å². The van der Waals surface area contributed by atoms with Crippen molar-refractivity contribution in [3.63, 3.8) is 0 Å². The summed E-state index contributed by atoms with van der Waals surface area (Å²) in [6.07, 6.45) is 10.2. The summed E-state index contributed by atoms with van der Waals surface area (Å²) in [7, 11) is 0. The third-order valence-electron chi connectivity index (χ3n) is 9.13. The fourth-order valence-electron chi connectivity index (χ4n) is 7.71. The van der Waals surface area contributed by atoms with E-state index in [2.05, 4.69) is 25.8 Å². The molecule has 0 radical (unpaired) electrons. The first-order valence-corrected chi connectivity index (χ1v) is 11.4. The number of allylic oxidation sites excluding steroid dienone is 1. The first-order valence-electron chi connectivity index (χ1n) is 11.4. The number of aliphatic hydroxyl groups is 2. The maximum Gasteiger partial charge on any atom is 0.304 e. The molecule has 0 saturated heterocycles. The first kappa shape index (κ1) is 22.4. The summed E-state index contributed by atoms with van der Waals surface area (Å²) in [5.74, 6) is 2.59. The summed E-state index contributed by atoms with van der Waals surface area (Å²) in [6.45, 7) is 7.01. The van der Waals surface area contributed by atoms with Crippen molar-refractivity contribution in [2.24, 2.45) is 28.6 Å². The van der Waals surface area contributed by atoms with Gasteiger partial charge in [0.25, 0.3) is 0 Å². The van der Waals surface area contributed by atoms with Crippen LogP contribution in [0.15, 0.2) is 11.6 Å². The van der Waals surface area contributed by atoms with E-state index in [4.69, 9.17) is 15.9 Å². The Hall–Kier alpha value is -1.84. The van der Waals surface area contributed by atoms with Gasteiger partial charge in [0.15, 0.2) is 0 Å².